The van der Waals surface area contributed by atoms with E-state index in [0.717, 1.165) is 11.1 Å². The van der Waals surface area contributed by atoms with Crippen molar-refractivity contribution in [2.24, 2.45) is 0 Å². The summed E-state index contributed by atoms with van der Waals surface area (Å²) in [6.45, 7) is -0.387. The second-order valence-electron chi connectivity index (χ2n) is 5.09. The molecule has 0 unspecified atom stereocenters. The van der Waals surface area contributed by atoms with E-state index in [2.05, 4.69) is 0 Å². The fraction of sp³-hybridized carbons (Fsp3) is 0.176. The van der Waals surface area contributed by atoms with Crippen molar-refractivity contribution in [1.29, 1.82) is 0 Å². The Balaban J connectivity index is 2.02. The maximum absolute atomic E-state index is 12.1. The highest BCUT2D eigenvalue weighted by Gasteiger charge is 2.44. The van der Waals surface area contributed by atoms with Gasteiger partial charge in [-0.2, -0.15) is 0 Å². The summed E-state index contributed by atoms with van der Waals surface area (Å²) in [5, 5.41) is 9.06. The topological polar surface area (TPSA) is 66.8 Å². The number of carbonyl (C=O) groups is 2. The van der Waals surface area contributed by atoms with E-state index >= 15 is 0 Å². The van der Waals surface area contributed by atoms with E-state index in [-0.39, 0.29) is 6.54 Å². The van der Waals surface area contributed by atoms with Gasteiger partial charge in [0.15, 0.2) is 6.10 Å². The highest BCUT2D eigenvalue weighted by Crippen LogP contribution is 2.42. The fourth-order valence-corrected chi connectivity index (χ4v) is 2.72. The van der Waals surface area contributed by atoms with Crippen LogP contribution in [0.2, 0.25) is 0 Å². The minimum absolute atomic E-state index is 0.387. The number of carbonyl (C=O) groups excluding carboxylic acids is 1. The molecule has 0 bridgehead atoms. The van der Waals surface area contributed by atoms with Gasteiger partial charge in [-0.3, -0.25) is 9.69 Å². The molecule has 1 aliphatic heterocycles. The summed E-state index contributed by atoms with van der Waals surface area (Å²) in [5.41, 5.74) is 1.70. The van der Waals surface area contributed by atoms with Gasteiger partial charge in [0.25, 0.3) is 0 Å². The number of benzene rings is 2. The van der Waals surface area contributed by atoms with E-state index in [1.807, 2.05) is 60.7 Å². The molecule has 0 spiro atoms. The molecule has 1 heterocycles. The van der Waals surface area contributed by atoms with Crippen LogP contribution in [-0.4, -0.2) is 28.6 Å². The largest absolute Gasteiger partial charge is 0.480 e. The first-order chi connectivity index (χ1) is 10.7. The van der Waals surface area contributed by atoms with Gasteiger partial charge in [-0.15, -0.1) is 0 Å². The Morgan fingerprint density at radius 2 is 1.55 bits per heavy atom. The first kappa shape index (κ1) is 14.1. The summed E-state index contributed by atoms with van der Waals surface area (Å²) in [6.07, 6.45) is -1.12. The molecule has 2 aromatic carbocycles. The number of amides is 1. The van der Waals surface area contributed by atoms with Gasteiger partial charge in [0.1, 0.15) is 12.6 Å². The summed E-state index contributed by atoms with van der Waals surface area (Å²) < 4.78 is 5.45. The molecule has 0 aliphatic carbocycles. The van der Waals surface area contributed by atoms with Gasteiger partial charge in [-0.05, 0) is 11.1 Å². The standard InChI is InChI=1S/C17H15NO4/c19-14(20)11-18-15(12-7-3-1-4-8-12)16(22-17(18)21)13-9-5-2-6-10-13/h1-10,15-16H,11H2,(H,19,20)/t15-,16+/m1/s1. The van der Waals surface area contributed by atoms with Crippen molar-refractivity contribution in [3.05, 3.63) is 71.8 Å². The molecule has 2 atom stereocenters. The number of carboxylic acid groups (broad SMARTS) is 1. The quantitative estimate of drug-likeness (QED) is 0.942. The minimum atomic E-state index is -1.06. The maximum Gasteiger partial charge on any atom is 0.411 e. The van der Waals surface area contributed by atoms with Crippen molar-refractivity contribution in [3.63, 3.8) is 0 Å². The van der Waals surface area contributed by atoms with Crippen LogP contribution >= 0.6 is 0 Å². The van der Waals surface area contributed by atoms with Gasteiger partial charge in [0.2, 0.25) is 0 Å². The third kappa shape index (κ3) is 2.65. The molecule has 0 aromatic heterocycles. The summed E-state index contributed by atoms with van der Waals surface area (Å²) in [5.74, 6) is -1.06. The van der Waals surface area contributed by atoms with E-state index in [4.69, 9.17) is 9.84 Å². The predicted octanol–water partition coefficient (Wildman–Crippen LogP) is 3.01. The first-order valence-electron chi connectivity index (χ1n) is 6.96. The van der Waals surface area contributed by atoms with Crippen molar-refractivity contribution in [3.8, 4) is 0 Å². The third-order valence-electron chi connectivity index (χ3n) is 3.66. The van der Waals surface area contributed by atoms with Crippen molar-refractivity contribution < 1.29 is 19.4 Å². The molecule has 0 radical (unpaired) electrons. The van der Waals surface area contributed by atoms with E-state index in [1.54, 1.807) is 0 Å². The number of hydrogen-bond donors (Lipinski definition) is 1. The van der Waals surface area contributed by atoms with Crippen molar-refractivity contribution in [1.82, 2.24) is 4.90 Å². The van der Waals surface area contributed by atoms with Crippen molar-refractivity contribution >= 4 is 12.1 Å². The second-order valence-corrected chi connectivity index (χ2v) is 5.09. The number of carboxylic acids is 1. The SMILES string of the molecule is O=C(O)CN1C(=O)O[C@@H](c2ccccc2)[C@H]1c1ccccc1. The Hall–Kier alpha value is -2.82. The van der Waals surface area contributed by atoms with Crippen LogP contribution < -0.4 is 0 Å². The summed E-state index contributed by atoms with van der Waals surface area (Å²) in [6, 6.07) is 18.2. The number of nitrogens with zero attached hydrogens (tertiary/aromatic N) is 1. The number of cyclic esters (lactones) is 1. The zero-order valence-corrected chi connectivity index (χ0v) is 11.8. The molecule has 22 heavy (non-hydrogen) atoms. The molecule has 1 aliphatic rings. The van der Waals surface area contributed by atoms with Crippen LogP contribution in [0.15, 0.2) is 60.7 Å². The lowest BCUT2D eigenvalue weighted by Crippen LogP contribution is -2.33. The lowest BCUT2D eigenvalue weighted by atomic mass is 9.95. The minimum Gasteiger partial charge on any atom is -0.480 e. The van der Waals surface area contributed by atoms with E-state index in [0.29, 0.717) is 0 Å². The average Bonchev–Trinajstić information content (AvgIpc) is 2.85. The molecule has 3 rings (SSSR count). The fourth-order valence-electron chi connectivity index (χ4n) is 2.72. The van der Waals surface area contributed by atoms with Gasteiger partial charge in [-0.1, -0.05) is 60.7 Å². The highest BCUT2D eigenvalue weighted by molar-refractivity contribution is 5.79. The van der Waals surface area contributed by atoms with Crippen molar-refractivity contribution in [2.75, 3.05) is 6.54 Å². The van der Waals surface area contributed by atoms with Crippen LogP contribution in [0, 0.1) is 0 Å². The van der Waals surface area contributed by atoms with E-state index in [1.165, 1.54) is 4.90 Å². The molecule has 5 heteroatoms. The molecule has 1 amide bonds. The van der Waals surface area contributed by atoms with Gasteiger partial charge in [-0.25, -0.2) is 4.79 Å². The molecule has 1 saturated heterocycles. The lowest BCUT2D eigenvalue weighted by molar-refractivity contribution is -0.137. The van der Waals surface area contributed by atoms with Crippen LogP contribution in [0.3, 0.4) is 0 Å². The normalized spacial score (nSPS) is 20.7. The summed E-state index contributed by atoms with van der Waals surface area (Å²) >= 11 is 0. The third-order valence-corrected chi connectivity index (χ3v) is 3.66. The number of rotatable bonds is 4. The molecule has 5 nitrogen and oxygen atoms in total. The molecular formula is C17H15NO4. The Labute approximate surface area is 127 Å². The Kier molecular flexibility index (Phi) is 3.78. The van der Waals surface area contributed by atoms with Crippen LogP contribution in [0.25, 0.3) is 0 Å². The molecule has 1 N–H and O–H groups in total. The summed E-state index contributed by atoms with van der Waals surface area (Å²) in [7, 11) is 0. The zero-order chi connectivity index (χ0) is 15.5. The Bertz CT molecular complexity index is 672. The molecule has 112 valence electrons. The van der Waals surface area contributed by atoms with Crippen LogP contribution in [-0.2, 0) is 9.53 Å². The van der Waals surface area contributed by atoms with E-state index in [9.17, 15) is 9.59 Å². The molecular weight excluding hydrogens is 282 g/mol. The number of hydrogen-bond acceptors (Lipinski definition) is 3. The first-order valence-corrected chi connectivity index (χ1v) is 6.96. The average molecular weight is 297 g/mol. The highest BCUT2D eigenvalue weighted by atomic mass is 16.6. The predicted molar refractivity (Wildman–Crippen MR) is 79.2 cm³/mol. The van der Waals surface area contributed by atoms with Crippen molar-refractivity contribution in [2.45, 2.75) is 12.1 Å². The Morgan fingerprint density at radius 3 is 2.09 bits per heavy atom. The zero-order valence-electron chi connectivity index (χ0n) is 11.8. The van der Waals surface area contributed by atoms with Crippen LogP contribution in [0.5, 0.6) is 0 Å². The number of aliphatic carboxylic acids is 1. The smallest absolute Gasteiger partial charge is 0.411 e. The van der Waals surface area contributed by atoms with E-state index < -0.39 is 24.2 Å². The monoisotopic (exact) mass is 297 g/mol. The maximum atomic E-state index is 12.1. The van der Waals surface area contributed by atoms with Gasteiger partial charge < -0.3 is 9.84 Å². The molecule has 2 aromatic rings. The molecule has 0 saturated carbocycles. The number of ether oxygens (including phenoxy) is 1. The molecule has 1 fully saturated rings. The van der Waals surface area contributed by atoms with Gasteiger partial charge in [0, 0.05) is 0 Å². The van der Waals surface area contributed by atoms with Gasteiger partial charge in [0.05, 0.1) is 0 Å². The summed E-state index contributed by atoms with van der Waals surface area (Å²) in [4.78, 5) is 24.4. The van der Waals surface area contributed by atoms with Gasteiger partial charge >= 0.3 is 12.1 Å². The Morgan fingerprint density at radius 1 is 1.00 bits per heavy atom. The second kappa shape index (κ2) is 5.89. The van der Waals surface area contributed by atoms with Crippen LogP contribution in [0.4, 0.5) is 4.79 Å². The van der Waals surface area contributed by atoms with Crippen LogP contribution in [0.1, 0.15) is 23.3 Å². The lowest BCUT2D eigenvalue weighted by Gasteiger charge is -2.24.